The lowest BCUT2D eigenvalue weighted by atomic mass is 9.78. The van der Waals surface area contributed by atoms with Crippen LogP contribution >= 0.6 is 0 Å². The van der Waals surface area contributed by atoms with Crippen molar-refractivity contribution in [3.63, 3.8) is 0 Å². The fourth-order valence-corrected chi connectivity index (χ4v) is 4.16. The van der Waals surface area contributed by atoms with E-state index in [2.05, 4.69) is 6.07 Å². The van der Waals surface area contributed by atoms with Crippen molar-refractivity contribution < 1.29 is 19.1 Å². The molecule has 1 atom stereocenters. The van der Waals surface area contributed by atoms with Gasteiger partial charge in [-0.15, -0.1) is 0 Å². The first-order valence-corrected chi connectivity index (χ1v) is 10.5. The summed E-state index contributed by atoms with van der Waals surface area (Å²) in [6.45, 7) is 9.82. The van der Waals surface area contributed by atoms with E-state index in [9.17, 15) is 9.59 Å². The number of carbonyl (C=O) groups is 2. The second-order valence-electron chi connectivity index (χ2n) is 8.82. The van der Waals surface area contributed by atoms with Gasteiger partial charge < -0.3 is 14.3 Å². The molecule has 0 aromatic heterocycles. The van der Waals surface area contributed by atoms with Crippen LogP contribution < -0.4 is 9.47 Å². The van der Waals surface area contributed by atoms with Crippen molar-refractivity contribution in [1.29, 1.82) is 0 Å². The summed E-state index contributed by atoms with van der Waals surface area (Å²) in [7, 11) is 1.64. The molecule has 0 saturated carbocycles. The number of rotatable bonds is 7. The average molecular weight is 419 g/mol. The Hall–Kier alpha value is -3.14. The topological polar surface area (TPSA) is 52.6 Å². The molecule has 0 bridgehead atoms. The molecule has 4 nitrogen and oxygen atoms in total. The summed E-state index contributed by atoms with van der Waals surface area (Å²) >= 11 is 0. The number of carbonyl (C=O) groups excluding carboxylic acids is 2. The van der Waals surface area contributed by atoms with Gasteiger partial charge in [-0.1, -0.05) is 44.2 Å². The third-order valence-electron chi connectivity index (χ3n) is 5.85. The molecule has 0 spiro atoms. The molecule has 3 rings (SSSR count). The second kappa shape index (κ2) is 8.93. The van der Waals surface area contributed by atoms with Crippen LogP contribution in [0.15, 0.2) is 48.5 Å². The van der Waals surface area contributed by atoms with Gasteiger partial charge in [0.2, 0.25) is 0 Å². The maximum absolute atomic E-state index is 13.1. The van der Waals surface area contributed by atoms with Gasteiger partial charge in [-0.25, -0.2) is 0 Å². The van der Waals surface area contributed by atoms with Crippen LogP contribution in [0.25, 0.3) is 10.8 Å². The van der Waals surface area contributed by atoms with Gasteiger partial charge in [-0.2, -0.15) is 0 Å². The minimum Gasteiger partial charge on any atom is -0.497 e. The van der Waals surface area contributed by atoms with Crippen LogP contribution in [0, 0.1) is 13.8 Å². The summed E-state index contributed by atoms with van der Waals surface area (Å²) in [4.78, 5) is 24.3. The minimum atomic E-state index is -0.436. The zero-order valence-electron chi connectivity index (χ0n) is 19.1. The van der Waals surface area contributed by atoms with E-state index < -0.39 is 11.3 Å². The van der Waals surface area contributed by atoms with Crippen LogP contribution in [0.3, 0.4) is 0 Å². The largest absolute Gasteiger partial charge is 0.497 e. The first-order chi connectivity index (χ1) is 14.7. The first kappa shape index (κ1) is 22.5. The smallest absolute Gasteiger partial charge is 0.318 e. The van der Waals surface area contributed by atoms with Crippen LogP contribution in [0.4, 0.5) is 0 Å². The molecule has 4 heteroatoms. The number of hydrogen-bond donors (Lipinski definition) is 0. The van der Waals surface area contributed by atoms with Crippen molar-refractivity contribution in [3.8, 4) is 11.5 Å². The summed E-state index contributed by atoms with van der Waals surface area (Å²) < 4.78 is 11.2. The first-order valence-electron chi connectivity index (χ1n) is 10.5. The van der Waals surface area contributed by atoms with E-state index in [1.165, 1.54) is 0 Å². The highest BCUT2D eigenvalue weighted by Crippen LogP contribution is 2.38. The molecule has 0 amide bonds. The molecule has 0 fully saturated rings. The number of esters is 1. The quantitative estimate of drug-likeness (QED) is 0.267. The fraction of sp³-hybridized carbons (Fsp3) is 0.333. The van der Waals surface area contributed by atoms with Crippen LogP contribution in [0.1, 0.15) is 55.4 Å². The highest BCUT2D eigenvalue weighted by atomic mass is 16.5. The van der Waals surface area contributed by atoms with Crippen LogP contribution in [-0.4, -0.2) is 19.4 Å². The highest BCUT2D eigenvalue weighted by Gasteiger charge is 2.29. The minimum absolute atomic E-state index is 0.319. The van der Waals surface area contributed by atoms with Crippen molar-refractivity contribution in [2.45, 2.75) is 52.4 Å². The highest BCUT2D eigenvalue weighted by molar-refractivity contribution is 5.87. The van der Waals surface area contributed by atoms with Crippen molar-refractivity contribution in [2.24, 2.45) is 0 Å². The normalized spacial score (nSPS) is 12.5. The Morgan fingerprint density at radius 3 is 2.39 bits per heavy atom. The van der Waals surface area contributed by atoms with Gasteiger partial charge in [0.1, 0.15) is 17.8 Å². The van der Waals surface area contributed by atoms with Crippen LogP contribution in [-0.2, 0) is 15.0 Å². The Bertz CT molecular complexity index is 1130. The van der Waals surface area contributed by atoms with E-state index in [1.807, 2.05) is 77.1 Å². The monoisotopic (exact) mass is 418 g/mol. The van der Waals surface area contributed by atoms with Crippen molar-refractivity contribution >= 4 is 23.0 Å². The Kier molecular flexibility index (Phi) is 6.49. The SMILES string of the molecule is COc1ccc2cc([C@H](C)C(=O)Oc3cc(C)cc(C)c3C(C)(C)CC=O)ccc2c1. The Labute approximate surface area is 184 Å². The standard InChI is InChI=1S/C27H30O4/c1-17-13-18(2)25(27(4,5)11-12-28)24(14-17)31-26(29)19(3)20-7-8-22-16-23(30-6)10-9-21(22)15-20/h7-10,12-16,19H,11H2,1-6H3/t19-/m0/s1. The molecular formula is C27H30O4. The van der Waals surface area contributed by atoms with Gasteiger partial charge in [-0.3, -0.25) is 4.79 Å². The fourth-order valence-electron chi connectivity index (χ4n) is 4.16. The summed E-state index contributed by atoms with van der Waals surface area (Å²) in [6, 6.07) is 15.8. The number of fused-ring (bicyclic) bond motifs is 1. The number of aldehydes is 1. The molecule has 31 heavy (non-hydrogen) atoms. The van der Waals surface area contributed by atoms with E-state index in [-0.39, 0.29) is 5.97 Å². The molecule has 0 radical (unpaired) electrons. The van der Waals surface area contributed by atoms with Gasteiger partial charge in [0.05, 0.1) is 13.0 Å². The maximum atomic E-state index is 13.1. The average Bonchev–Trinajstić information content (AvgIpc) is 2.71. The molecule has 162 valence electrons. The van der Waals surface area contributed by atoms with Crippen molar-refractivity contribution in [2.75, 3.05) is 7.11 Å². The number of methoxy groups -OCH3 is 1. The zero-order valence-corrected chi connectivity index (χ0v) is 19.1. The van der Waals surface area contributed by atoms with Gasteiger partial charge >= 0.3 is 5.97 Å². The molecule has 3 aromatic carbocycles. The molecule has 0 N–H and O–H groups in total. The van der Waals surface area contributed by atoms with Crippen LogP contribution in [0.5, 0.6) is 11.5 Å². The number of aryl methyl sites for hydroxylation is 2. The number of benzene rings is 3. The Balaban J connectivity index is 1.92. The molecule has 0 unspecified atom stereocenters. The van der Waals surface area contributed by atoms with E-state index in [1.54, 1.807) is 7.11 Å². The Morgan fingerprint density at radius 1 is 1.03 bits per heavy atom. The summed E-state index contributed by atoms with van der Waals surface area (Å²) in [6.07, 6.45) is 1.27. The van der Waals surface area contributed by atoms with Crippen LogP contribution in [0.2, 0.25) is 0 Å². The van der Waals surface area contributed by atoms with Gasteiger partial charge in [0, 0.05) is 17.4 Å². The van der Waals surface area contributed by atoms with E-state index >= 15 is 0 Å². The van der Waals surface area contributed by atoms with E-state index in [0.29, 0.717) is 12.2 Å². The maximum Gasteiger partial charge on any atom is 0.318 e. The lowest BCUT2D eigenvalue weighted by molar-refractivity contribution is -0.135. The van der Waals surface area contributed by atoms with Gasteiger partial charge in [-0.05, 0) is 66.4 Å². The number of hydrogen-bond acceptors (Lipinski definition) is 4. The molecule has 3 aromatic rings. The summed E-state index contributed by atoms with van der Waals surface area (Å²) in [5.41, 5.74) is 3.39. The summed E-state index contributed by atoms with van der Waals surface area (Å²) in [5.74, 6) is 0.579. The molecule has 0 saturated heterocycles. The summed E-state index contributed by atoms with van der Waals surface area (Å²) in [5, 5.41) is 2.09. The van der Waals surface area contributed by atoms with Crippen molar-refractivity contribution in [3.05, 3.63) is 70.8 Å². The lowest BCUT2D eigenvalue weighted by Crippen LogP contribution is -2.23. The molecule has 0 heterocycles. The predicted molar refractivity (Wildman–Crippen MR) is 124 cm³/mol. The van der Waals surface area contributed by atoms with E-state index in [4.69, 9.17) is 9.47 Å². The molecule has 0 aliphatic rings. The van der Waals surface area contributed by atoms with Gasteiger partial charge in [0.15, 0.2) is 0 Å². The van der Waals surface area contributed by atoms with Gasteiger partial charge in [0.25, 0.3) is 0 Å². The molecule has 0 aliphatic carbocycles. The zero-order chi connectivity index (χ0) is 22.8. The molecular weight excluding hydrogens is 388 g/mol. The molecule has 0 aliphatic heterocycles. The van der Waals surface area contributed by atoms with E-state index in [0.717, 1.165) is 45.1 Å². The Morgan fingerprint density at radius 2 is 1.71 bits per heavy atom. The third kappa shape index (κ3) is 4.79. The number of ether oxygens (including phenoxy) is 2. The predicted octanol–water partition coefficient (Wildman–Crippen LogP) is 6.04. The lowest BCUT2D eigenvalue weighted by Gasteiger charge is -2.28. The van der Waals surface area contributed by atoms with Crippen molar-refractivity contribution in [1.82, 2.24) is 0 Å². The second-order valence-corrected chi connectivity index (χ2v) is 8.82. The third-order valence-corrected chi connectivity index (χ3v) is 5.85.